The molecule has 4 heterocycles. The maximum atomic E-state index is 11.1. The van der Waals surface area contributed by atoms with E-state index in [0.29, 0.717) is 29.3 Å². The van der Waals surface area contributed by atoms with E-state index in [1.54, 1.807) is 24.3 Å². The molecule has 0 saturated carbocycles. The van der Waals surface area contributed by atoms with Crippen molar-refractivity contribution in [3.63, 3.8) is 0 Å². The second kappa shape index (κ2) is 39.8. The van der Waals surface area contributed by atoms with Crippen molar-refractivity contribution in [2.45, 2.75) is 13.7 Å². The number of H-pyrrole nitrogens is 2. The number of benzene rings is 4. The van der Waals surface area contributed by atoms with Gasteiger partial charge in [-0.3, -0.25) is 14.3 Å². The maximum absolute atomic E-state index is 11.1. The number of anilines is 2. The second-order valence-electron chi connectivity index (χ2n) is 13.8. The van der Waals surface area contributed by atoms with Crippen molar-refractivity contribution in [2.75, 3.05) is 71.0 Å². The van der Waals surface area contributed by atoms with Crippen molar-refractivity contribution in [1.29, 1.82) is 0 Å². The predicted octanol–water partition coefficient (Wildman–Crippen LogP) is 6.48. The van der Waals surface area contributed by atoms with Gasteiger partial charge in [-0.25, -0.2) is 34.7 Å². The van der Waals surface area contributed by atoms with Gasteiger partial charge >= 0.3 is 68.5 Å². The van der Waals surface area contributed by atoms with Gasteiger partial charge in [0.2, 0.25) is 10.6 Å². The first-order chi connectivity index (χ1) is 34.7. The van der Waals surface area contributed by atoms with Crippen molar-refractivity contribution in [1.82, 2.24) is 55.8 Å². The summed E-state index contributed by atoms with van der Waals surface area (Å²) in [6.45, 7) is 8.28. The molecular formula is C43H54BCl6I3N14O5P-. The van der Waals surface area contributed by atoms with E-state index in [1.807, 2.05) is 101 Å². The quantitative estimate of drug-likeness (QED) is 0.0175. The van der Waals surface area contributed by atoms with Crippen molar-refractivity contribution in [2.24, 2.45) is 5.73 Å². The average Bonchev–Trinajstić information content (AvgIpc) is 3.32. The van der Waals surface area contributed by atoms with Crippen molar-refractivity contribution in [3.05, 3.63) is 139 Å². The summed E-state index contributed by atoms with van der Waals surface area (Å²) in [6, 6.07) is 30.1. The maximum Gasteiger partial charge on any atom is 0.339 e. The molecule has 19 nitrogen and oxygen atoms in total. The number of aromatic nitrogens is 8. The number of hydrogen-bond acceptors (Lipinski definition) is 17. The minimum Gasteiger partial charge on any atom is -0.307 e. The first-order valence-corrected chi connectivity index (χ1v) is 39.3. The molecule has 0 aliphatic rings. The van der Waals surface area contributed by atoms with Gasteiger partial charge in [-0.1, -0.05) is 60.1 Å². The second-order valence-corrected chi connectivity index (χ2v) is 37.7. The summed E-state index contributed by atoms with van der Waals surface area (Å²) < 4.78 is 9.51. The Morgan fingerprint density at radius 3 is 1.45 bits per heavy atom. The minimum atomic E-state index is -3.22. The summed E-state index contributed by atoms with van der Waals surface area (Å²) in [5.41, 5.74) is 7.42. The standard InChI is InChI=1S/C12H16N4.C11H13ClN4.C8H4Cl2N2.C8H6N2O2.C3H10N2.CH5BO2.Cl3OP.I3/c1-9-15-11-6-4-3-5-10(11)12(16-9)14-8-7-13-2;1-13-6-7-14-10-8-4-2-3-5-9(8)15-11(12)16-10;9-7-5-3-1-2-4-6(5)11-8(10)12-7;11-7-5-3-1-2-4-6(5)9-8(12)10-7;1-5-3-2-4;1-2(3)4;1-5(2,3)4;1-3-2/h3-6,13H,7-8H2,1-2H3,(H,14,15,16);2-5,13H,6-7H2,1H3,(H,14,15,16);1-4H;1-4H,(H2,9,10,11,12);5H,2-4H2,1H3;3-4H,1H3;;/q;;;;;;;-1. The molecule has 0 unspecified atom stereocenters. The van der Waals surface area contributed by atoms with Crippen molar-refractivity contribution in [3.8, 4) is 0 Å². The largest absolute Gasteiger partial charge is 0.339 e. The Kier molecular flexibility index (Phi) is 37.3. The summed E-state index contributed by atoms with van der Waals surface area (Å²) in [4.78, 5) is 51.6. The SMILES string of the molecule is CB(O)O.CNCCN.CNCCNc1nc(C)nc2ccccc12.CNCCNc1nc(Cl)nc2ccccc12.Clc1nc(Cl)c2ccccc2n1.I[I-]I.O=P(Cl)(Cl)Cl.O=c1[nH]c(=O)c2ccccc2[nH]1. The Hall–Kier alpha value is -2.58. The van der Waals surface area contributed by atoms with Crippen molar-refractivity contribution < 1.29 is 27.9 Å². The zero-order valence-corrected chi connectivity index (χ0v) is 51.7. The number of aromatic amines is 2. The van der Waals surface area contributed by atoms with E-state index in [2.05, 4.69) is 137 Å². The van der Waals surface area contributed by atoms with Crippen LogP contribution in [-0.4, -0.2) is 117 Å². The molecule has 0 amide bonds. The van der Waals surface area contributed by atoms with Gasteiger partial charge in [0.15, 0.2) is 0 Å². The smallest absolute Gasteiger partial charge is 0.307 e. The van der Waals surface area contributed by atoms with Gasteiger partial charge in [0.1, 0.15) is 22.6 Å². The molecule has 0 aliphatic heterocycles. The Morgan fingerprint density at radius 1 is 0.616 bits per heavy atom. The zero-order valence-electron chi connectivity index (χ0n) is 39.8. The summed E-state index contributed by atoms with van der Waals surface area (Å²) in [5, 5.41) is 31.8. The zero-order chi connectivity index (χ0) is 54.8. The third kappa shape index (κ3) is 30.7. The summed E-state index contributed by atoms with van der Waals surface area (Å²) in [7, 11) is 4.56. The molecule has 73 heavy (non-hydrogen) atoms. The van der Waals surface area contributed by atoms with Gasteiger partial charge < -0.3 is 47.3 Å². The molecule has 0 atom stereocenters. The van der Waals surface area contributed by atoms with E-state index < -0.39 is 18.0 Å². The van der Waals surface area contributed by atoms with Crippen LogP contribution in [0.2, 0.25) is 22.5 Å². The number of halogens is 9. The number of likely N-dealkylation sites (N-methyl/N-ethyl adjacent to an activating group) is 3. The fourth-order valence-electron chi connectivity index (χ4n) is 5.39. The molecular weight excluding hydrogens is 1430 g/mol. The summed E-state index contributed by atoms with van der Waals surface area (Å²) in [6.07, 6.45) is 0. The average molecular weight is 1480 g/mol. The van der Waals surface area contributed by atoms with Gasteiger partial charge in [-0.2, -0.15) is 0 Å². The van der Waals surface area contributed by atoms with Crippen molar-refractivity contribution >= 4 is 173 Å². The molecule has 0 fully saturated rings. The van der Waals surface area contributed by atoms with Crippen LogP contribution in [0, 0.1) is 6.92 Å². The predicted molar refractivity (Wildman–Crippen MR) is 321 cm³/mol. The molecule has 4 aromatic carbocycles. The number of nitrogens with one attached hydrogen (secondary N) is 7. The minimum absolute atomic E-state index is 0.179. The van der Waals surface area contributed by atoms with Gasteiger partial charge in [0.05, 0.1) is 27.5 Å². The van der Waals surface area contributed by atoms with E-state index in [-0.39, 0.29) is 16.1 Å². The molecule has 398 valence electrons. The third-order valence-electron chi connectivity index (χ3n) is 8.20. The number of aryl methyl sites for hydroxylation is 1. The fourth-order valence-corrected chi connectivity index (χ4v) is 6.03. The molecule has 0 saturated heterocycles. The Morgan fingerprint density at radius 2 is 1.00 bits per heavy atom. The van der Waals surface area contributed by atoms with Gasteiger partial charge in [-0.05, 0) is 140 Å². The number of para-hydroxylation sites is 4. The number of nitrogens with zero attached hydrogens (tertiary/aromatic N) is 6. The third-order valence-corrected chi connectivity index (χ3v) is 8.82. The van der Waals surface area contributed by atoms with E-state index in [4.69, 9.17) is 50.6 Å². The normalized spacial score (nSPS) is 10.1. The molecule has 30 heteroatoms. The van der Waals surface area contributed by atoms with Crippen LogP contribution >= 0.6 is 111 Å². The van der Waals surface area contributed by atoms with Crippen LogP contribution in [0.25, 0.3) is 43.6 Å². The van der Waals surface area contributed by atoms with Crippen LogP contribution in [-0.2, 0) is 4.57 Å². The van der Waals surface area contributed by atoms with E-state index in [1.165, 1.54) is 6.82 Å². The van der Waals surface area contributed by atoms with E-state index >= 15 is 0 Å². The van der Waals surface area contributed by atoms with Gasteiger partial charge in [0, 0.05) is 55.4 Å². The molecule has 8 rings (SSSR count). The van der Waals surface area contributed by atoms with E-state index in [0.717, 1.165) is 89.4 Å². The number of rotatable bonds is 10. The summed E-state index contributed by atoms with van der Waals surface area (Å²) >= 11 is 36.5. The van der Waals surface area contributed by atoms with Crippen LogP contribution in [0.1, 0.15) is 5.82 Å². The first-order valence-electron chi connectivity index (χ1n) is 21.2. The topological polar surface area (TPSA) is 287 Å². The molecule has 4 aromatic heterocycles. The Balaban J connectivity index is 0.000000443. The van der Waals surface area contributed by atoms with Gasteiger partial charge in [0.25, 0.3) is 5.56 Å². The molecule has 11 N–H and O–H groups in total. The number of hydrogen-bond donors (Lipinski definition) is 10. The first kappa shape index (κ1) is 68.4. The summed E-state index contributed by atoms with van der Waals surface area (Å²) in [5.74, 6) is 2.50. The van der Waals surface area contributed by atoms with Crippen LogP contribution in [0.3, 0.4) is 0 Å². The monoisotopic (exact) mass is 1480 g/mol. The Bertz CT molecular complexity index is 2910. The van der Waals surface area contributed by atoms with Gasteiger partial charge in [-0.15, -0.1) is 0 Å². The molecule has 0 spiro atoms. The van der Waals surface area contributed by atoms with Crippen LogP contribution in [0.5, 0.6) is 0 Å². The molecule has 0 radical (unpaired) electrons. The molecule has 0 bridgehead atoms. The Labute approximate surface area is 482 Å². The fraction of sp³-hybridized carbons (Fsp3) is 0.256. The van der Waals surface area contributed by atoms with Crippen LogP contribution < -0.4 is 56.8 Å². The molecule has 8 aromatic rings. The van der Waals surface area contributed by atoms with Crippen LogP contribution in [0.4, 0.5) is 11.6 Å². The number of fused-ring (bicyclic) bond motifs is 4. The van der Waals surface area contributed by atoms with Crippen LogP contribution in [0.15, 0.2) is 107 Å². The number of nitrogens with two attached hydrogens (primary N) is 1. The molecule has 0 aliphatic carbocycles. The van der Waals surface area contributed by atoms with E-state index in [9.17, 15) is 14.2 Å².